The molecule has 21 heavy (non-hydrogen) atoms. The van der Waals surface area contributed by atoms with Crippen LogP contribution >= 0.6 is 22.7 Å². The topological polar surface area (TPSA) is 67.3 Å². The molecule has 1 atom stereocenters. The van der Waals surface area contributed by atoms with Gasteiger partial charge in [-0.15, -0.1) is 22.7 Å². The molecule has 0 aliphatic carbocycles. The highest BCUT2D eigenvalue weighted by Crippen LogP contribution is 2.28. The maximum absolute atomic E-state index is 12.4. The van der Waals surface area contributed by atoms with Crippen LogP contribution in [0.2, 0.25) is 0 Å². The van der Waals surface area contributed by atoms with Gasteiger partial charge in [-0.05, 0) is 17.9 Å². The Kier molecular flexibility index (Phi) is 3.85. The number of carbonyl (C=O) groups is 1. The highest BCUT2D eigenvalue weighted by atomic mass is 32.2. The van der Waals surface area contributed by atoms with Gasteiger partial charge < -0.3 is 4.90 Å². The van der Waals surface area contributed by atoms with Crippen molar-refractivity contribution in [2.75, 3.05) is 18.6 Å². The molecule has 1 saturated heterocycles. The molecule has 0 bridgehead atoms. The Hall–Kier alpha value is -1.25. The average Bonchev–Trinajstić information content (AvgIpc) is 3.16. The largest absolute Gasteiger partial charge is 0.336 e. The molecule has 0 N–H and O–H groups in total. The Morgan fingerprint density at radius 1 is 1.43 bits per heavy atom. The number of hydrogen-bond acceptors (Lipinski definition) is 6. The molecule has 2 aromatic rings. The number of sulfone groups is 1. The van der Waals surface area contributed by atoms with Crippen molar-refractivity contribution < 1.29 is 13.2 Å². The summed E-state index contributed by atoms with van der Waals surface area (Å²) in [5.74, 6) is 0.000366. The lowest BCUT2D eigenvalue weighted by Gasteiger charge is -2.22. The third-order valence-electron chi connectivity index (χ3n) is 3.53. The second-order valence-electron chi connectivity index (χ2n) is 4.99. The first kappa shape index (κ1) is 14.7. The van der Waals surface area contributed by atoms with Gasteiger partial charge in [0.15, 0.2) is 9.84 Å². The van der Waals surface area contributed by atoms with Gasteiger partial charge in [0.25, 0.3) is 5.91 Å². The Labute approximate surface area is 131 Å². The Bertz CT molecular complexity index is 749. The van der Waals surface area contributed by atoms with Crippen LogP contribution in [0.5, 0.6) is 0 Å². The summed E-state index contributed by atoms with van der Waals surface area (Å²) in [6.45, 7) is 0. The number of aromatic nitrogens is 1. The van der Waals surface area contributed by atoms with E-state index >= 15 is 0 Å². The summed E-state index contributed by atoms with van der Waals surface area (Å²) in [7, 11) is -1.35. The molecule has 1 fully saturated rings. The zero-order valence-electron chi connectivity index (χ0n) is 11.4. The van der Waals surface area contributed by atoms with Gasteiger partial charge in [0.2, 0.25) is 0 Å². The van der Waals surface area contributed by atoms with Crippen molar-refractivity contribution in [3.63, 3.8) is 0 Å². The molecule has 2 aromatic heterocycles. The number of thiophene rings is 1. The molecule has 1 aliphatic rings. The van der Waals surface area contributed by atoms with Crippen LogP contribution in [0.3, 0.4) is 0 Å². The van der Waals surface area contributed by atoms with E-state index in [9.17, 15) is 13.2 Å². The van der Waals surface area contributed by atoms with Crippen molar-refractivity contribution in [1.29, 1.82) is 0 Å². The number of hydrogen-bond donors (Lipinski definition) is 0. The van der Waals surface area contributed by atoms with Crippen molar-refractivity contribution in [1.82, 2.24) is 9.88 Å². The lowest BCUT2D eigenvalue weighted by molar-refractivity contribution is 0.0742. The fourth-order valence-electron chi connectivity index (χ4n) is 2.31. The standard InChI is InChI=1S/C13H14N2O3S3/c1-15(9-4-6-21(17,18)8-9)13(16)10-7-20-12(14-10)11-3-2-5-19-11/h2-3,5,7,9H,4,6,8H2,1H3/t9-/m0/s1. The van der Waals surface area contributed by atoms with Gasteiger partial charge in [-0.3, -0.25) is 4.79 Å². The van der Waals surface area contributed by atoms with Crippen molar-refractivity contribution in [2.45, 2.75) is 12.5 Å². The number of carbonyl (C=O) groups excluding carboxylic acids is 1. The van der Waals surface area contributed by atoms with Crippen LogP contribution in [0, 0.1) is 0 Å². The molecule has 0 unspecified atom stereocenters. The Balaban J connectivity index is 1.76. The van der Waals surface area contributed by atoms with Crippen LogP contribution in [0.15, 0.2) is 22.9 Å². The third kappa shape index (κ3) is 3.02. The fraction of sp³-hybridized carbons (Fsp3) is 0.385. The van der Waals surface area contributed by atoms with Gasteiger partial charge in [0.1, 0.15) is 10.7 Å². The van der Waals surface area contributed by atoms with E-state index < -0.39 is 9.84 Å². The summed E-state index contributed by atoms with van der Waals surface area (Å²) in [5, 5.41) is 4.52. The van der Waals surface area contributed by atoms with Gasteiger partial charge in [0.05, 0.1) is 16.4 Å². The van der Waals surface area contributed by atoms with Crippen molar-refractivity contribution in [3.8, 4) is 9.88 Å². The van der Waals surface area contributed by atoms with Crippen molar-refractivity contribution >= 4 is 38.4 Å². The first-order chi connectivity index (χ1) is 9.96. The second-order valence-corrected chi connectivity index (χ2v) is 9.02. The highest BCUT2D eigenvalue weighted by molar-refractivity contribution is 7.91. The van der Waals surface area contributed by atoms with Gasteiger partial charge in [0, 0.05) is 18.5 Å². The lowest BCUT2D eigenvalue weighted by Crippen LogP contribution is -2.38. The maximum Gasteiger partial charge on any atom is 0.273 e. The predicted octanol–water partition coefficient (Wildman–Crippen LogP) is 2.13. The molecule has 0 saturated carbocycles. The summed E-state index contributed by atoms with van der Waals surface area (Å²) in [4.78, 5) is 19.3. The molecule has 8 heteroatoms. The zero-order chi connectivity index (χ0) is 15.0. The monoisotopic (exact) mass is 342 g/mol. The highest BCUT2D eigenvalue weighted by Gasteiger charge is 2.33. The number of amides is 1. The quantitative estimate of drug-likeness (QED) is 0.857. The predicted molar refractivity (Wildman–Crippen MR) is 84.6 cm³/mol. The minimum Gasteiger partial charge on any atom is -0.336 e. The first-order valence-corrected chi connectivity index (χ1v) is 10.0. The molecule has 0 spiro atoms. The van der Waals surface area contributed by atoms with Crippen LogP contribution in [0.4, 0.5) is 0 Å². The second kappa shape index (κ2) is 5.51. The smallest absolute Gasteiger partial charge is 0.273 e. The molecule has 0 radical (unpaired) electrons. The molecule has 112 valence electrons. The van der Waals surface area contributed by atoms with Gasteiger partial charge >= 0.3 is 0 Å². The average molecular weight is 342 g/mol. The molecular formula is C13H14N2O3S3. The van der Waals surface area contributed by atoms with E-state index in [1.165, 1.54) is 16.2 Å². The molecule has 3 heterocycles. The summed E-state index contributed by atoms with van der Waals surface area (Å²) < 4.78 is 23.0. The van der Waals surface area contributed by atoms with Crippen LogP contribution in [0.25, 0.3) is 9.88 Å². The minimum absolute atomic E-state index is 0.0527. The lowest BCUT2D eigenvalue weighted by atomic mass is 10.2. The maximum atomic E-state index is 12.4. The van der Waals surface area contributed by atoms with Crippen LogP contribution in [0.1, 0.15) is 16.9 Å². The molecule has 3 rings (SSSR count). The summed E-state index contributed by atoms with van der Waals surface area (Å²) >= 11 is 3.01. The van der Waals surface area contributed by atoms with E-state index in [1.807, 2.05) is 17.5 Å². The first-order valence-electron chi connectivity index (χ1n) is 6.43. The molecule has 0 aromatic carbocycles. The number of rotatable bonds is 3. The van der Waals surface area contributed by atoms with Crippen LogP contribution in [-0.4, -0.2) is 48.8 Å². The van der Waals surface area contributed by atoms with Gasteiger partial charge in [-0.1, -0.05) is 6.07 Å². The van der Waals surface area contributed by atoms with Crippen LogP contribution in [-0.2, 0) is 9.84 Å². The van der Waals surface area contributed by atoms with E-state index in [2.05, 4.69) is 4.98 Å². The zero-order valence-corrected chi connectivity index (χ0v) is 13.8. The fourth-order valence-corrected chi connectivity index (χ4v) is 5.70. The van der Waals surface area contributed by atoms with E-state index in [0.29, 0.717) is 12.1 Å². The molecule has 1 amide bonds. The summed E-state index contributed by atoms with van der Waals surface area (Å²) in [6, 6.07) is 3.66. The minimum atomic E-state index is -3.00. The normalized spacial score (nSPS) is 20.5. The van der Waals surface area contributed by atoms with Gasteiger partial charge in [-0.2, -0.15) is 0 Å². The summed E-state index contributed by atoms with van der Waals surface area (Å²) in [6.07, 6.45) is 0.506. The van der Waals surface area contributed by atoms with E-state index in [1.54, 1.807) is 23.8 Å². The third-order valence-corrected chi connectivity index (χ3v) is 7.16. The Morgan fingerprint density at radius 2 is 2.24 bits per heavy atom. The van der Waals surface area contributed by atoms with E-state index in [0.717, 1.165) is 9.88 Å². The Morgan fingerprint density at radius 3 is 2.86 bits per heavy atom. The molecule has 1 aliphatic heterocycles. The SMILES string of the molecule is CN(C(=O)c1csc(-c2cccs2)n1)[C@H]1CCS(=O)(=O)C1. The van der Waals surface area contributed by atoms with Crippen LogP contribution < -0.4 is 0 Å². The van der Waals surface area contributed by atoms with Crippen molar-refractivity contribution in [3.05, 3.63) is 28.6 Å². The number of thiazole rings is 1. The number of nitrogens with zero attached hydrogens (tertiary/aromatic N) is 2. The molecule has 5 nitrogen and oxygen atoms in total. The van der Waals surface area contributed by atoms with E-state index in [-0.39, 0.29) is 23.5 Å². The van der Waals surface area contributed by atoms with E-state index in [4.69, 9.17) is 0 Å². The van der Waals surface area contributed by atoms with Crippen molar-refractivity contribution in [2.24, 2.45) is 0 Å². The molecular weight excluding hydrogens is 328 g/mol. The summed E-state index contributed by atoms with van der Waals surface area (Å²) in [5.41, 5.74) is 0.384. The van der Waals surface area contributed by atoms with Gasteiger partial charge in [-0.25, -0.2) is 13.4 Å².